The van der Waals surface area contributed by atoms with Crippen LogP contribution >= 0.6 is 9.41 Å². The number of rotatable bonds is 14. The maximum absolute atomic E-state index is 12.6. The van der Waals surface area contributed by atoms with Crippen LogP contribution in [0.3, 0.4) is 0 Å². The highest BCUT2D eigenvalue weighted by Crippen LogP contribution is 2.39. The van der Waals surface area contributed by atoms with Crippen LogP contribution in [0.5, 0.6) is 0 Å². The number of benzene rings is 1. The maximum atomic E-state index is 12.6. The molecule has 1 unspecified atom stereocenters. The first kappa shape index (κ1) is 22.6. The van der Waals surface area contributed by atoms with E-state index < -0.39 is 6.10 Å². The highest BCUT2D eigenvalue weighted by Gasteiger charge is 2.40. The van der Waals surface area contributed by atoms with Gasteiger partial charge in [0.1, 0.15) is 0 Å². The van der Waals surface area contributed by atoms with Crippen molar-refractivity contribution in [2.75, 3.05) is 7.11 Å². The molecule has 0 radical (unpaired) electrons. The Kier molecular flexibility index (Phi) is 10.4. The molecule has 0 spiro atoms. The number of carbonyl (C=O) groups excluding carboxylic acids is 1. The summed E-state index contributed by atoms with van der Waals surface area (Å²) in [6, 6.07) is 7.89. The SMILES string of the molecule is [3H]PO[C@@H]1C[C@H](O)[C@H](CCCCCCC)[C@H]1/C=C/C(=O)Cc1cccc(COC)c1. The summed E-state index contributed by atoms with van der Waals surface area (Å²) in [5.41, 5.74) is 2.03. The van der Waals surface area contributed by atoms with Crippen LogP contribution in [0.15, 0.2) is 36.4 Å². The van der Waals surface area contributed by atoms with Gasteiger partial charge >= 0.3 is 0 Å². The average Bonchev–Trinajstić information content (AvgIpc) is 3.01. The Balaban J connectivity index is 1.98. The third-order valence-electron chi connectivity index (χ3n) is 5.87. The molecule has 0 bridgehead atoms. The third kappa shape index (κ3) is 7.94. The van der Waals surface area contributed by atoms with E-state index in [0.717, 1.165) is 24.0 Å². The predicted molar refractivity (Wildman–Crippen MR) is 121 cm³/mol. The van der Waals surface area contributed by atoms with Crippen LogP contribution in [0.2, 0.25) is 0 Å². The van der Waals surface area contributed by atoms with Crippen molar-refractivity contribution in [3.05, 3.63) is 47.5 Å². The molecule has 0 aromatic heterocycles. The fourth-order valence-corrected chi connectivity index (χ4v) is 4.59. The number of allylic oxidation sites excluding steroid dienone is 1. The summed E-state index contributed by atoms with van der Waals surface area (Å²) in [6.45, 7) is 2.74. The lowest BCUT2D eigenvalue weighted by molar-refractivity contribution is -0.114. The Morgan fingerprint density at radius 3 is 2.86 bits per heavy atom. The highest BCUT2D eigenvalue weighted by atomic mass is 31.0. The fraction of sp³-hybridized carbons (Fsp3) is 0.625. The van der Waals surface area contributed by atoms with E-state index >= 15 is 0 Å². The Bertz CT molecular complexity index is 666. The number of carbonyl (C=O) groups is 1. The fourth-order valence-electron chi connectivity index (χ4n) is 4.34. The van der Waals surface area contributed by atoms with Gasteiger partial charge in [0.15, 0.2) is 5.78 Å². The second-order valence-electron chi connectivity index (χ2n) is 8.16. The van der Waals surface area contributed by atoms with Gasteiger partial charge < -0.3 is 14.4 Å². The first-order chi connectivity index (χ1) is 14.6. The first-order valence-corrected chi connectivity index (χ1v) is 11.3. The Morgan fingerprint density at radius 2 is 2.10 bits per heavy atom. The van der Waals surface area contributed by atoms with Gasteiger partial charge in [0.05, 0.1) is 20.1 Å². The van der Waals surface area contributed by atoms with Crippen LogP contribution in [-0.4, -0.2) is 31.5 Å². The van der Waals surface area contributed by atoms with Crippen LogP contribution in [0, 0.1) is 11.8 Å². The number of aliphatic hydroxyl groups excluding tert-OH is 1. The number of hydrogen-bond donors (Lipinski definition) is 1. The van der Waals surface area contributed by atoms with Gasteiger partial charge in [-0.05, 0) is 29.5 Å². The summed E-state index contributed by atoms with van der Waals surface area (Å²) in [4.78, 5) is 12.6. The van der Waals surface area contributed by atoms with Crippen molar-refractivity contribution in [1.29, 1.82) is 1.28 Å². The van der Waals surface area contributed by atoms with Crippen molar-refractivity contribution >= 4 is 15.2 Å². The predicted octanol–water partition coefficient (Wildman–Crippen LogP) is 5.03. The van der Waals surface area contributed by atoms with Crippen LogP contribution in [-0.2, 0) is 27.1 Å². The molecule has 0 amide bonds. The van der Waals surface area contributed by atoms with Gasteiger partial charge in [0, 0.05) is 35.3 Å². The van der Waals surface area contributed by atoms with Crippen molar-refractivity contribution in [2.24, 2.45) is 11.8 Å². The smallest absolute Gasteiger partial charge is 0.159 e. The lowest BCUT2D eigenvalue weighted by atomic mass is 9.88. The van der Waals surface area contributed by atoms with E-state index in [2.05, 4.69) is 6.92 Å². The average molecular weight is 423 g/mol. The van der Waals surface area contributed by atoms with Gasteiger partial charge in [-0.3, -0.25) is 4.79 Å². The lowest BCUT2D eigenvalue weighted by Crippen LogP contribution is -2.21. The number of unbranched alkanes of at least 4 members (excludes halogenated alkanes) is 4. The molecule has 1 saturated carbocycles. The molecular weight excluding hydrogens is 383 g/mol. The quantitative estimate of drug-likeness (QED) is 0.259. The monoisotopic (exact) mass is 422 g/mol. The van der Waals surface area contributed by atoms with Gasteiger partial charge in [0.2, 0.25) is 0 Å². The molecule has 5 atom stereocenters. The van der Waals surface area contributed by atoms with Crippen molar-refractivity contribution in [3.8, 4) is 0 Å². The minimum Gasteiger partial charge on any atom is -0.393 e. The topological polar surface area (TPSA) is 55.8 Å². The number of ether oxygens (including phenoxy) is 1. The minimum absolute atomic E-state index is 0.00667. The lowest BCUT2D eigenvalue weighted by Gasteiger charge is -2.22. The molecule has 0 aliphatic heterocycles. The molecule has 4 nitrogen and oxygen atoms in total. The molecule has 2 rings (SSSR count). The van der Waals surface area contributed by atoms with Gasteiger partial charge in [-0.15, -0.1) is 0 Å². The largest absolute Gasteiger partial charge is 0.393 e. The minimum atomic E-state index is -0.423. The zero-order chi connectivity index (χ0) is 21.8. The number of methoxy groups -OCH3 is 1. The van der Waals surface area contributed by atoms with Crippen LogP contribution in [0.1, 0.15) is 63.0 Å². The molecule has 29 heavy (non-hydrogen) atoms. The standard InChI is InChI=1S/C24H37O4P/c1-3-4-5-6-7-11-21-22(24(28-29)16-23(21)26)13-12-20(25)15-18-9-8-10-19(14-18)17-27-2/h8-10,12-14,21-24,26H,3-7,11,15-17,29H2,1-2H3/b13-12+/t21-,22-,23+,24-/m1/s1/i29T/t21-,22-,23+,24-,29?. The van der Waals surface area contributed by atoms with Gasteiger partial charge in [-0.25, -0.2) is 0 Å². The van der Waals surface area contributed by atoms with Gasteiger partial charge in [0.25, 0.3) is 0 Å². The van der Waals surface area contributed by atoms with E-state index in [0.29, 0.717) is 19.4 Å². The second kappa shape index (κ2) is 13.3. The van der Waals surface area contributed by atoms with E-state index in [-0.39, 0.29) is 33.1 Å². The van der Waals surface area contributed by atoms with Gasteiger partial charge in [-0.2, -0.15) is 0 Å². The highest BCUT2D eigenvalue weighted by molar-refractivity contribution is 7.09. The molecule has 1 aliphatic rings. The van der Waals surface area contributed by atoms with Crippen LogP contribution < -0.4 is 0 Å². The molecule has 5 heteroatoms. The Labute approximate surface area is 179 Å². The summed E-state index contributed by atoms with van der Waals surface area (Å²) >= 11 is 0. The third-order valence-corrected chi connectivity index (χ3v) is 6.17. The van der Waals surface area contributed by atoms with E-state index in [1.165, 1.54) is 25.7 Å². The zero-order valence-corrected chi connectivity index (χ0v) is 18.8. The van der Waals surface area contributed by atoms with Gasteiger partial charge in [-0.1, -0.05) is 69.4 Å². The van der Waals surface area contributed by atoms with Crippen molar-refractivity contribution in [2.45, 2.75) is 77.1 Å². The molecule has 1 aromatic rings. The maximum Gasteiger partial charge on any atom is 0.159 e. The van der Waals surface area contributed by atoms with Crippen molar-refractivity contribution in [3.63, 3.8) is 0 Å². The number of ketones is 1. The zero-order valence-electron chi connectivity index (χ0n) is 18.8. The number of aliphatic hydroxyl groups is 1. The normalized spacial score (nSPS) is 25.3. The molecule has 1 aliphatic carbocycles. The molecule has 1 fully saturated rings. The summed E-state index contributed by atoms with van der Waals surface area (Å²) < 4.78 is 18.2. The van der Waals surface area contributed by atoms with Crippen molar-refractivity contribution in [1.82, 2.24) is 0 Å². The molecule has 1 aromatic carbocycles. The molecule has 162 valence electrons. The molecule has 1 N–H and O–H groups in total. The molecular formula is C24H37O4P. The summed E-state index contributed by atoms with van der Waals surface area (Å²) in [5.74, 6) is 0.134. The van der Waals surface area contributed by atoms with E-state index in [1.54, 1.807) is 13.2 Å². The molecule has 0 saturated heterocycles. The summed E-state index contributed by atoms with van der Waals surface area (Å²) in [5, 5.41) is 10.6. The number of hydrogen-bond acceptors (Lipinski definition) is 4. The summed E-state index contributed by atoms with van der Waals surface area (Å²) in [7, 11) is 1.30. The molecule has 0 heterocycles. The Hall–Kier alpha value is -1.06. The van der Waals surface area contributed by atoms with Crippen molar-refractivity contribution < 1.29 is 19.2 Å². The Morgan fingerprint density at radius 1 is 1.31 bits per heavy atom. The van der Waals surface area contributed by atoms with Crippen LogP contribution in [0.25, 0.3) is 0 Å². The van der Waals surface area contributed by atoms with E-state index in [9.17, 15) is 9.90 Å². The van der Waals surface area contributed by atoms with E-state index in [1.807, 2.05) is 30.3 Å². The van der Waals surface area contributed by atoms with Crippen LogP contribution in [0.4, 0.5) is 0 Å². The summed E-state index contributed by atoms with van der Waals surface area (Å²) in [6.07, 6.45) is 10.8. The first-order valence-electron chi connectivity index (χ1n) is 11.4. The van der Waals surface area contributed by atoms with E-state index in [4.69, 9.17) is 10.5 Å². The second-order valence-corrected chi connectivity index (χ2v) is 8.39.